The van der Waals surface area contributed by atoms with Gasteiger partial charge in [-0.05, 0) is 62.5 Å². The first-order chi connectivity index (χ1) is 18.0. The van der Waals surface area contributed by atoms with Gasteiger partial charge in [0.25, 0.3) is 0 Å². The molecular weight excluding hydrogens is 470 g/mol. The Morgan fingerprint density at radius 3 is 2.32 bits per heavy atom. The second-order valence-electron chi connectivity index (χ2n) is 9.37. The maximum atomic E-state index is 13.6. The van der Waals surface area contributed by atoms with E-state index in [1.807, 2.05) is 54.6 Å². The highest BCUT2D eigenvalue weighted by Gasteiger charge is 2.42. The lowest BCUT2D eigenvalue weighted by Gasteiger charge is -2.38. The van der Waals surface area contributed by atoms with E-state index in [1.165, 1.54) is 0 Å². The van der Waals surface area contributed by atoms with Crippen molar-refractivity contribution in [2.75, 3.05) is 26.3 Å². The smallest absolute Gasteiger partial charge is 0.328 e. The molecule has 1 heterocycles. The molecule has 1 atom stereocenters. The predicted octanol–water partition coefficient (Wildman–Crippen LogP) is 2.94. The van der Waals surface area contributed by atoms with Crippen LogP contribution in [0.3, 0.4) is 0 Å². The topological polar surface area (TPSA) is 106 Å². The zero-order chi connectivity index (χ0) is 26.5. The number of carbonyl (C=O) groups excluding carboxylic acids is 3. The summed E-state index contributed by atoms with van der Waals surface area (Å²) < 4.78 is 10.9. The van der Waals surface area contributed by atoms with E-state index in [0.717, 1.165) is 29.7 Å². The molecule has 2 aromatic carbocycles. The number of hydrogen-bond donors (Lipinski definition) is 3. The Morgan fingerprint density at radius 1 is 0.973 bits per heavy atom. The molecule has 8 heteroatoms. The molecule has 0 aromatic heterocycles. The van der Waals surface area contributed by atoms with Crippen molar-refractivity contribution in [3.05, 3.63) is 65.7 Å². The van der Waals surface area contributed by atoms with Gasteiger partial charge in [0.2, 0.25) is 11.8 Å². The summed E-state index contributed by atoms with van der Waals surface area (Å²) in [6.45, 7) is 5.90. The van der Waals surface area contributed by atoms with Crippen LogP contribution in [-0.4, -0.2) is 55.7 Å². The van der Waals surface area contributed by atoms with Crippen LogP contribution in [0.2, 0.25) is 0 Å². The van der Waals surface area contributed by atoms with Crippen LogP contribution in [-0.2, 0) is 32.0 Å². The third-order valence-corrected chi connectivity index (χ3v) is 6.48. The van der Waals surface area contributed by atoms with Crippen LogP contribution in [0.25, 0.3) is 0 Å². The normalized spacial score (nSPS) is 15.3. The van der Waals surface area contributed by atoms with Crippen molar-refractivity contribution in [3.63, 3.8) is 0 Å². The zero-order valence-corrected chi connectivity index (χ0v) is 21.9. The molecule has 3 N–H and O–H groups in total. The van der Waals surface area contributed by atoms with Crippen LogP contribution in [0.4, 0.5) is 0 Å². The van der Waals surface area contributed by atoms with Gasteiger partial charge in [0.15, 0.2) is 0 Å². The van der Waals surface area contributed by atoms with E-state index in [-0.39, 0.29) is 24.8 Å². The first-order valence-corrected chi connectivity index (χ1v) is 13.2. The highest BCUT2D eigenvalue weighted by atomic mass is 16.5. The fourth-order valence-electron chi connectivity index (χ4n) is 4.38. The quantitative estimate of drug-likeness (QED) is 0.283. The number of carbonyl (C=O) groups is 3. The highest BCUT2D eigenvalue weighted by Crippen LogP contribution is 2.21. The van der Waals surface area contributed by atoms with E-state index < -0.39 is 17.6 Å². The number of unbranched alkanes of at least 4 members (excludes halogenated alkanes) is 1. The molecule has 1 aliphatic heterocycles. The molecule has 1 aliphatic rings. The average Bonchev–Trinajstić information content (AvgIpc) is 2.90. The van der Waals surface area contributed by atoms with Gasteiger partial charge in [0.05, 0.1) is 19.6 Å². The minimum Gasteiger partial charge on any atom is -0.494 e. The van der Waals surface area contributed by atoms with Crippen molar-refractivity contribution < 1.29 is 23.9 Å². The predicted molar refractivity (Wildman–Crippen MR) is 142 cm³/mol. The monoisotopic (exact) mass is 509 g/mol. The third-order valence-electron chi connectivity index (χ3n) is 6.48. The number of nitrogens with one attached hydrogen (secondary N) is 3. The van der Waals surface area contributed by atoms with Crippen LogP contribution in [0, 0.1) is 0 Å². The van der Waals surface area contributed by atoms with Crippen molar-refractivity contribution in [1.82, 2.24) is 16.0 Å². The van der Waals surface area contributed by atoms with Gasteiger partial charge in [-0.3, -0.25) is 9.59 Å². The molecule has 2 aromatic rings. The molecule has 0 spiro atoms. The highest BCUT2D eigenvalue weighted by molar-refractivity contribution is 5.94. The van der Waals surface area contributed by atoms with Crippen molar-refractivity contribution >= 4 is 17.8 Å². The Kier molecular flexibility index (Phi) is 11.0. The number of rotatable bonds is 13. The van der Waals surface area contributed by atoms with Crippen LogP contribution < -0.4 is 20.7 Å². The zero-order valence-electron chi connectivity index (χ0n) is 21.9. The van der Waals surface area contributed by atoms with Gasteiger partial charge in [-0.1, -0.05) is 55.8 Å². The number of piperidine rings is 1. The number of benzene rings is 2. The molecule has 1 saturated heterocycles. The molecule has 0 aliphatic carbocycles. The van der Waals surface area contributed by atoms with Gasteiger partial charge in [-0.25, -0.2) is 4.79 Å². The minimum absolute atomic E-state index is 0.142. The van der Waals surface area contributed by atoms with Gasteiger partial charge >= 0.3 is 5.97 Å². The molecule has 37 heavy (non-hydrogen) atoms. The molecule has 0 bridgehead atoms. The Hall–Kier alpha value is -3.39. The van der Waals surface area contributed by atoms with Crippen molar-refractivity contribution in [2.45, 2.75) is 64.0 Å². The molecule has 2 amide bonds. The maximum absolute atomic E-state index is 13.6. The number of hydrogen-bond acceptors (Lipinski definition) is 6. The first-order valence-electron chi connectivity index (χ1n) is 13.2. The van der Waals surface area contributed by atoms with E-state index in [9.17, 15) is 14.4 Å². The van der Waals surface area contributed by atoms with Crippen LogP contribution in [0.5, 0.6) is 5.75 Å². The molecule has 1 fully saturated rings. The summed E-state index contributed by atoms with van der Waals surface area (Å²) in [5.74, 6) is -0.324. The van der Waals surface area contributed by atoms with E-state index in [4.69, 9.17) is 9.47 Å². The summed E-state index contributed by atoms with van der Waals surface area (Å²) in [6, 6.07) is 16.1. The molecule has 1 unspecified atom stereocenters. The Bertz CT molecular complexity index is 1000. The Morgan fingerprint density at radius 2 is 1.68 bits per heavy atom. The van der Waals surface area contributed by atoms with E-state index in [1.54, 1.807) is 6.92 Å². The van der Waals surface area contributed by atoms with Gasteiger partial charge in [-0.15, -0.1) is 0 Å². The average molecular weight is 510 g/mol. The first kappa shape index (κ1) is 28.2. The standard InChI is InChI=1S/C29H39N3O5/c1-3-5-19-37-24-13-11-23(12-14-24)21-26(33)32-29(15-17-30-18-16-29)28(35)31-25(27(34)36-4-2)20-22-9-7-6-8-10-22/h6-14,25,30H,3-5,15-21H2,1-2H3,(H,31,35)(H,32,33). The van der Waals surface area contributed by atoms with Gasteiger partial charge in [0, 0.05) is 6.42 Å². The summed E-state index contributed by atoms with van der Waals surface area (Å²) in [6.07, 6.45) is 3.36. The van der Waals surface area contributed by atoms with Crippen LogP contribution in [0.15, 0.2) is 54.6 Å². The van der Waals surface area contributed by atoms with Crippen LogP contribution >= 0.6 is 0 Å². The number of amides is 2. The lowest BCUT2D eigenvalue weighted by atomic mass is 9.86. The maximum Gasteiger partial charge on any atom is 0.328 e. The fraction of sp³-hybridized carbons (Fsp3) is 0.483. The van der Waals surface area contributed by atoms with Crippen molar-refractivity contribution in [2.24, 2.45) is 0 Å². The lowest BCUT2D eigenvalue weighted by molar-refractivity contribution is -0.148. The third kappa shape index (κ3) is 8.60. The van der Waals surface area contributed by atoms with Gasteiger partial charge < -0.3 is 25.4 Å². The molecule has 3 rings (SSSR count). The lowest BCUT2D eigenvalue weighted by Crippen LogP contribution is -2.65. The Balaban J connectivity index is 1.68. The second-order valence-corrected chi connectivity index (χ2v) is 9.37. The Labute approximate surface area is 219 Å². The second kappa shape index (κ2) is 14.4. The largest absolute Gasteiger partial charge is 0.494 e. The summed E-state index contributed by atoms with van der Waals surface area (Å²) in [4.78, 5) is 39.4. The van der Waals surface area contributed by atoms with E-state index in [2.05, 4.69) is 22.9 Å². The van der Waals surface area contributed by atoms with Crippen molar-refractivity contribution in [1.29, 1.82) is 0 Å². The summed E-state index contributed by atoms with van der Waals surface area (Å²) in [7, 11) is 0. The van der Waals surface area contributed by atoms with Gasteiger partial charge in [-0.2, -0.15) is 0 Å². The van der Waals surface area contributed by atoms with Crippen LogP contribution in [0.1, 0.15) is 50.7 Å². The van der Waals surface area contributed by atoms with Gasteiger partial charge in [0.1, 0.15) is 17.3 Å². The van der Waals surface area contributed by atoms with Crippen molar-refractivity contribution in [3.8, 4) is 5.75 Å². The van der Waals surface area contributed by atoms with E-state index in [0.29, 0.717) is 39.0 Å². The number of ether oxygens (including phenoxy) is 2. The number of esters is 1. The summed E-state index contributed by atoms with van der Waals surface area (Å²) >= 11 is 0. The molecule has 200 valence electrons. The summed E-state index contributed by atoms with van der Waals surface area (Å²) in [5, 5.41) is 9.14. The minimum atomic E-state index is -1.10. The molecule has 0 saturated carbocycles. The fourth-order valence-corrected chi connectivity index (χ4v) is 4.38. The van der Waals surface area contributed by atoms with E-state index >= 15 is 0 Å². The SMILES string of the molecule is CCCCOc1ccc(CC(=O)NC2(C(=O)NC(Cc3ccccc3)C(=O)OCC)CCNCC2)cc1. The summed E-state index contributed by atoms with van der Waals surface area (Å²) in [5.41, 5.74) is 0.636. The molecule has 8 nitrogen and oxygen atoms in total. The molecular formula is C29H39N3O5. The molecule has 0 radical (unpaired) electrons.